The molecule has 2 N–H and O–H groups in total. The lowest BCUT2D eigenvalue weighted by atomic mass is 10.3. The van der Waals surface area contributed by atoms with E-state index >= 15 is 0 Å². The lowest BCUT2D eigenvalue weighted by Crippen LogP contribution is -2.21. The lowest BCUT2D eigenvalue weighted by Gasteiger charge is -1.99. The first kappa shape index (κ1) is 9.07. The number of H-pyrrole nitrogens is 1. The van der Waals surface area contributed by atoms with E-state index < -0.39 is 5.91 Å². The number of nitrogens with one attached hydrogen (secondary N) is 2. The zero-order chi connectivity index (χ0) is 9.68. The fourth-order valence-corrected chi connectivity index (χ4v) is 0.786. The molecule has 0 bridgehead atoms. The van der Waals surface area contributed by atoms with Crippen molar-refractivity contribution in [3.8, 4) is 12.3 Å². The van der Waals surface area contributed by atoms with Crippen molar-refractivity contribution in [2.24, 2.45) is 0 Å². The van der Waals surface area contributed by atoms with Gasteiger partial charge in [0.05, 0.1) is 0 Å². The number of rotatable bonds is 2. The fraction of sp³-hybridized carbons (Fsp3) is 0.111. The summed E-state index contributed by atoms with van der Waals surface area (Å²) in [4.78, 5) is 23.8. The molecule has 1 amide bonds. The SMILES string of the molecule is C#CC(=O)NCc1ccc(=O)[nH]c1. The van der Waals surface area contributed by atoms with E-state index in [1.54, 1.807) is 6.07 Å². The highest BCUT2D eigenvalue weighted by Crippen LogP contribution is 1.90. The molecule has 0 saturated heterocycles. The number of carbonyl (C=O) groups is 1. The average molecular weight is 176 g/mol. The Hall–Kier alpha value is -2.02. The zero-order valence-electron chi connectivity index (χ0n) is 6.83. The van der Waals surface area contributed by atoms with Crippen LogP contribution in [-0.4, -0.2) is 10.9 Å². The predicted molar refractivity (Wildman–Crippen MR) is 47.7 cm³/mol. The summed E-state index contributed by atoms with van der Waals surface area (Å²) in [5, 5.41) is 2.47. The van der Waals surface area contributed by atoms with Crippen molar-refractivity contribution in [3.63, 3.8) is 0 Å². The molecule has 66 valence electrons. The van der Waals surface area contributed by atoms with Gasteiger partial charge in [0.1, 0.15) is 0 Å². The van der Waals surface area contributed by atoms with Gasteiger partial charge in [-0.25, -0.2) is 0 Å². The highest BCUT2D eigenvalue weighted by Gasteiger charge is 1.95. The summed E-state index contributed by atoms with van der Waals surface area (Å²) in [6.45, 7) is 0.319. The van der Waals surface area contributed by atoms with Gasteiger partial charge in [-0.1, -0.05) is 6.07 Å². The predicted octanol–water partition coefficient (Wildman–Crippen LogP) is -0.376. The van der Waals surface area contributed by atoms with Crippen LogP contribution < -0.4 is 10.9 Å². The van der Waals surface area contributed by atoms with E-state index in [1.165, 1.54) is 12.3 Å². The normalized spacial score (nSPS) is 8.85. The van der Waals surface area contributed by atoms with Crippen molar-refractivity contribution in [2.75, 3.05) is 0 Å². The van der Waals surface area contributed by atoms with Crippen LogP contribution in [0.2, 0.25) is 0 Å². The Bertz CT molecular complexity index is 380. The second-order valence-corrected chi connectivity index (χ2v) is 2.39. The third-order valence-corrected chi connectivity index (χ3v) is 1.43. The average Bonchev–Trinajstić information content (AvgIpc) is 2.16. The summed E-state index contributed by atoms with van der Waals surface area (Å²) < 4.78 is 0. The topological polar surface area (TPSA) is 62.0 Å². The smallest absolute Gasteiger partial charge is 0.295 e. The fourth-order valence-electron chi connectivity index (χ4n) is 0.786. The second kappa shape index (κ2) is 4.12. The molecule has 4 heteroatoms. The van der Waals surface area contributed by atoms with Crippen molar-refractivity contribution in [1.82, 2.24) is 10.3 Å². The van der Waals surface area contributed by atoms with Crippen molar-refractivity contribution >= 4 is 5.91 Å². The van der Waals surface area contributed by atoms with Crippen LogP contribution in [0.3, 0.4) is 0 Å². The van der Waals surface area contributed by atoms with Crippen LogP contribution >= 0.6 is 0 Å². The number of hydrogen-bond acceptors (Lipinski definition) is 2. The van der Waals surface area contributed by atoms with E-state index in [-0.39, 0.29) is 5.56 Å². The summed E-state index contributed by atoms with van der Waals surface area (Å²) in [7, 11) is 0. The third-order valence-electron chi connectivity index (χ3n) is 1.43. The van der Waals surface area contributed by atoms with E-state index in [0.717, 1.165) is 5.56 Å². The summed E-state index contributed by atoms with van der Waals surface area (Å²) in [5.74, 6) is 1.46. The van der Waals surface area contributed by atoms with Gasteiger partial charge in [0.25, 0.3) is 5.91 Å². The van der Waals surface area contributed by atoms with Crippen LogP contribution in [0.1, 0.15) is 5.56 Å². The Morgan fingerprint density at radius 3 is 2.92 bits per heavy atom. The third kappa shape index (κ3) is 2.83. The van der Waals surface area contributed by atoms with Gasteiger partial charge in [0.15, 0.2) is 0 Å². The van der Waals surface area contributed by atoms with Gasteiger partial charge in [-0.05, 0) is 11.5 Å². The summed E-state index contributed by atoms with van der Waals surface area (Å²) in [6.07, 6.45) is 6.37. The lowest BCUT2D eigenvalue weighted by molar-refractivity contribution is -0.115. The van der Waals surface area contributed by atoms with Gasteiger partial charge in [-0.3, -0.25) is 9.59 Å². The van der Waals surface area contributed by atoms with Crippen molar-refractivity contribution in [1.29, 1.82) is 0 Å². The number of amides is 1. The van der Waals surface area contributed by atoms with Gasteiger partial charge in [0.2, 0.25) is 5.56 Å². The van der Waals surface area contributed by atoms with Crippen molar-refractivity contribution < 1.29 is 4.79 Å². The maximum absolute atomic E-state index is 10.6. The maximum Gasteiger partial charge on any atom is 0.295 e. The molecule has 0 saturated carbocycles. The van der Waals surface area contributed by atoms with E-state index in [9.17, 15) is 9.59 Å². The molecule has 1 rings (SSSR count). The van der Waals surface area contributed by atoms with E-state index in [4.69, 9.17) is 6.42 Å². The Kier molecular flexibility index (Phi) is 2.87. The molecule has 0 aliphatic rings. The molecule has 0 aromatic carbocycles. The molecule has 0 atom stereocenters. The Morgan fingerprint density at radius 2 is 2.38 bits per heavy atom. The molecule has 0 aliphatic heterocycles. The summed E-state index contributed by atoms with van der Waals surface area (Å²) in [6, 6.07) is 3.01. The largest absolute Gasteiger partial charge is 0.341 e. The first-order valence-corrected chi connectivity index (χ1v) is 3.64. The highest BCUT2D eigenvalue weighted by atomic mass is 16.1. The summed E-state index contributed by atoms with van der Waals surface area (Å²) >= 11 is 0. The highest BCUT2D eigenvalue weighted by molar-refractivity contribution is 5.92. The summed E-state index contributed by atoms with van der Waals surface area (Å²) in [5.41, 5.74) is 0.621. The first-order valence-electron chi connectivity index (χ1n) is 3.64. The number of carbonyl (C=O) groups excluding carboxylic acids is 1. The molecule has 1 aromatic heterocycles. The monoisotopic (exact) mass is 176 g/mol. The molecule has 0 fully saturated rings. The number of pyridine rings is 1. The van der Waals surface area contributed by atoms with E-state index in [0.29, 0.717) is 6.54 Å². The van der Waals surface area contributed by atoms with Gasteiger partial charge in [-0.15, -0.1) is 6.42 Å². The van der Waals surface area contributed by atoms with Crippen molar-refractivity contribution in [2.45, 2.75) is 6.54 Å². The Balaban J connectivity index is 2.57. The maximum atomic E-state index is 10.6. The minimum absolute atomic E-state index is 0.174. The molecule has 1 aromatic rings. The van der Waals surface area contributed by atoms with Crippen LogP contribution in [0.5, 0.6) is 0 Å². The quantitative estimate of drug-likeness (QED) is 0.603. The van der Waals surface area contributed by atoms with Crippen LogP contribution in [0.25, 0.3) is 0 Å². The van der Waals surface area contributed by atoms with Crippen LogP contribution in [0, 0.1) is 12.3 Å². The number of aromatic nitrogens is 1. The van der Waals surface area contributed by atoms with E-state index in [2.05, 4.69) is 10.3 Å². The standard InChI is InChI=1S/C9H8N2O2/c1-2-8(12)10-5-7-3-4-9(13)11-6-7/h1,3-4,6H,5H2,(H,10,12)(H,11,13). The van der Waals surface area contributed by atoms with Gasteiger partial charge >= 0.3 is 0 Å². The van der Waals surface area contributed by atoms with Crippen LogP contribution in [0.4, 0.5) is 0 Å². The molecule has 1 heterocycles. The van der Waals surface area contributed by atoms with Gasteiger partial charge in [-0.2, -0.15) is 0 Å². The number of hydrogen-bond donors (Lipinski definition) is 2. The number of terminal acetylenes is 1. The Morgan fingerprint density at radius 1 is 1.62 bits per heavy atom. The van der Waals surface area contributed by atoms with Crippen molar-refractivity contribution in [3.05, 3.63) is 34.2 Å². The Labute approximate surface area is 75.0 Å². The molecular weight excluding hydrogens is 168 g/mol. The zero-order valence-corrected chi connectivity index (χ0v) is 6.83. The minimum Gasteiger partial charge on any atom is -0.341 e. The molecule has 4 nitrogen and oxygen atoms in total. The molecule has 0 spiro atoms. The van der Waals surface area contributed by atoms with Crippen LogP contribution in [-0.2, 0) is 11.3 Å². The molecule has 0 unspecified atom stereocenters. The molecule has 13 heavy (non-hydrogen) atoms. The van der Waals surface area contributed by atoms with Gasteiger partial charge < -0.3 is 10.3 Å². The first-order chi connectivity index (χ1) is 6.22. The van der Waals surface area contributed by atoms with Gasteiger partial charge in [0, 0.05) is 18.8 Å². The van der Waals surface area contributed by atoms with E-state index in [1.807, 2.05) is 5.92 Å². The number of aromatic amines is 1. The second-order valence-electron chi connectivity index (χ2n) is 2.39. The molecule has 0 radical (unpaired) electrons. The molecular formula is C9H8N2O2. The van der Waals surface area contributed by atoms with Crippen LogP contribution in [0.15, 0.2) is 23.1 Å². The molecule has 0 aliphatic carbocycles. The minimum atomic E-state index is -0.466.